The second-order valence-corrected chi connectivity index (χ2v) is 4.49. The molecule has 1 aromatic carbocycles. The summed E-state index contributed by atoms with van der Waals surface area (Å²) in [5.74, 6) is -0.566. The molecule has 0 radical (unpaired) electrons. The standard InChI is InChI=1S/C13H10ClFN4O2/c1-8-5-6-12(19(20)21)13(17-8)18-16-7-9-10(14)3-2-4-11(9)15/h2-7H,1H3,(H,17,18)/b16-7-. The van der Waals surface area contributed by atoms with Crippen molar-refractivity contribution in [3.05, 3.63) is 62.5 Å². The Bertz CT molecular complexity index is 701. The fourth-order valence-corrected chi connectivity index (χ4v) is 1.78. The van der Waals surface area contributed by atoms with Crippen LogP contribution in [0.4, 0.5) is 15.9 Å². The van der Waals surface area contributed by atoms with Gasteiger partial charge in [-0.3, -0.25) is 15.5 Å². The molecule has 0 fully saturated rings. The van der Waals surface area contributed by atoms with Gasteiger partial charge in [-0.05, 0) is 25.1 Å². The SMILES string of the molecule is Cc1ccc([N+](=O)[O-])c(N/N=C\c2c(F)cccc2Cl)n1. The van der Waals surface area contributed by atoms with E-state index in [9.17, 15) is 14.5 Å². The summed E-state index contributed by atoms with van der Waals surface area (Å²) in [6, 6.07) is 7.05. The maximum absolute atomic E-state index is 13.5. The van der Waals surface area contributed by atoms with Crippen LogP contribution in [-0.4, -0.2) is 16.1 Å². The molecule has 0 saturated carbocycles. The summed E-state index contributed by atoms with van der Waals surface area (Å²) < 4.78 is 13.5. The van der Waals surface area contributed by atoms with Gasteiger partial charge in [0.1, 0.15) is 5.82 Å². The van der Waals surface area contributed by atoms with Crippen LogP contribution in [0.1, 0.15) is 11.3 Å². The van der Waals surface area contributed by atoms with Gasteiger partial charge in [-0.2, -0.15) is 5.10 Å². The lowest BCUT2D eigenvalue weighted by Crippen LogP contribution is -2.01. The third kappa shape index (κ3) is 3.51. The van der Waals surface area contributed by atoms with Crippen LogP contribution in [0, 0.1) is 22.9 Å². The Morgan fingerprint density at radius 2 is 2.19 bits per heavy atom. The smallest absolute Gasteiger partial charge is 0.258 e. The van der Waals surface area contributed by atoms with Crippen molar-refractivity contribution in [1.29, 1.82) is 0 Å². The molecular formula is C13H10ClFN4O2. The van der Waals surface area contributed by atoms with E-state index in [1.165, 1.54) is 30.3 Å². The van der Waals surface area contributed by atoms with E-state index in [0.717, 1.165) is 6.21 Å². The monoisotopic (exact) mass is 308 g/mol. The number of benzene rings is 1. The van der Waals surface area contributed by atoms with Gasteiger partial charge in [-0.1, -0.05) is 17.7 Å². The zero-order valence-corrected chi connectivity index (χ0v) is 11.6. The fraction of sp³-hybridized carbons (Fsp3) is 0.0769. The minimum absolute atomic E-state index is 0.0243. The summed E-state index contributed by atoms with van der Waals surface area (Å²) >= 11 is 5.84. The van der Waals surface area contributed by atoms with Crippen molar-refractivity contribution in [3.8, 4) is 0 Å². The normalized spacial score (nSPS) is 10.8. The van der Waals surface area contributed by atoms with E-state index in [1.54, 1.807) is 6.92 Å². The zero-order chi connectivity index (χ0) is 15.4. The van der Waals surface area contributed by atoms with E-state index in [0.29, 0.717) is 5.69 Å². The molecule has 0 bridgehead atoms. The number of hydrogen-bond acceptors (Lipinski definition) is 5. The number of aryl methyl sites for hydroxylation is 1. The number of nitrogens with zero attached hydrogens (tertiary/aromatic N) is 3. The first-order valence-corrected chi connectivity index (χ1v) is 6.22. The summed E-state index contributed by atoms with van der Waals surface area (Å²) in [6.45, 7) is 1.69. The van der Waals surface area contributed by atoms with Crippen LogP contribution in [0.5, 0.6) is 0 Å². The molecule has 108 valence electrons. The summed E-state index contributed by atoms with van der Waals surface area (Å²) in [6.07, 6.45) is 1.14. The molecule has 0 aliphatic heterocycles. The van der Waals surface area contributed by atoms with E-state index < -0.39 is 10.7 Å². The van der Waals surface area contributed by atoms with Gasteiger partial charge in [0, 0.05) is 17.3 Å². The Kier molecular flexibility index (Phi) is 4.44. The predicted molar refractivity (Wildman–Crippen MR) is 78.3 cm³/mol. The average molecular weight is 309 g/mol. The van der Waals surface area contributed by atoms with Gasteiger partial charge in [0.25, 0.3) is 0 Å². The summed E-state index contributed by atoms with van der Waals surface area (Å²) in [5.41, 5.74) is 2.88. The van der Waals surface area contributed by atoms with Crippen LogP contribution in [-0.2, 0) is 0 Å². The Labute approximate surface area is 124 Å². The predicted octanol–water partition coefficient (Wildman–Crippen LogP) is 3.54. The highest BCUT2D eigenvalue weighted by Gasteiger charge is 2.14. The second-order valence-electron chi connectivity index (χ2n) is 4.08. The minimum Gasteiger partial charge on any atom is -0.258 e. The maximum atomic E-state index is 13.5. The van der Waals surface area contributed by atoms with E-state index in [2.05, 4.69) is 15.5 Å². The summed E-state index contributed by atoms with van der Waals surface area (Å²) in [5, 5.41) is 14.8. The Balaban J connectivity index is 2.26. The van der Waals surface area contributed by atoms with Crippen molar-refractivity contribution < 1.29 is 9.31 Å². The molecule has 6 nitrogen and oxygen atoms in total. The Morgan fingerprint density at radius 1 is 1.43 bits per heavy atom. The molecule has 1 aromatic heterocycles. The number of hydrazone groups is 1. The topological polar surface area (TPSA) is 80.4 Å². The van der Waals surface area contributed by atoms with E-state index in [1.807, 2.05) is 0 Å². The van der Waals surface area contributed by atoms with E-state index in [-0.39, 0.29) is 22.1 Å². The molecule has 8 heteroatoms. The number of nitro groups is 1. The molecule has 2 aromatic rings. The van der Waals surface area contributed by atoms with E-state index >= 15 is 0 Å². The molecule has 0 unspecified atom stereocenters. The van der Waals surface area contributed by atoms with Gasteiger partial charge >= 0.3 is 5.69 Å². The Morgan fingerprint density at radius 3 is 2.86 bits per heavy atom. The highest BCUT2D eigenvalue weighted by atomic mass is 35.5. The van der Waals surface area contributed by atoms with Crippen LogP contribution < -0.4 is 5.43 Å². The van der Waals surface area contributed by atoms with Crippen LogP contribution in [0.2, 0.25) is 5.02 Å². The highest BCUT2D eigenvalue weighted by molar-refractivity contribution is 6.33. The molecule has 0 saturated heterocycles. The number of pyridine rings is 1. The molecule has 0 aliphatic rings. The summed E-state index contributed by atoms with van der Waals surface area (Å²) in [7, 11) is 0. The molecule has 0 amide bonds. The molecule has 0 spiro atoms. The molecule has 21 heavy (non-hydrogen) atoms. The van der Waals surface area contributed by atoms with Crippen molar-refractivity contribution in [3.63, 3.8) is 0 Å². The van der Waals surface area contributed by atoms with Gasteiger partial charge in [0.05, 0.1) is 16.2 Å². The zero-order valence-electron chi connectivity index (χ0n) is 10.9. The van der Waals surface area contributed by atoms with Crippen molar-refractivity contribution in [2.24, 2.45) is 5.10 Å². The number of aromatic nitrogens is 1. The van der Waals surface area contributed by atoms with Crippen molar-refractivity contribution in [2.45, 2.75) is 6.92 Å². The molecule has 0 aliphatic carbocycles. The van der Waals surface area contributed by atoms with Crippen LogP contribution >= 0.6 is 11.6 Å². The first kappa shape index (κ1) is 14.9. The fourth-order valence-electron chi connectivity index (χ4n) is 1.57. The van der Waals surface area contributed by atoms with Crippen molar-refractivity contribution in [1.82, 2.24) is 4.98 Å². The van der Waals surface area contributed by atoms with Crippen LogP contribution in [0.25, 0.3) is 0 Å². The van der Waals surface area contributed by atoms with Gasteiger partial charge in [-0.25, -0.2) is 9.37 Å². The van der Waals surface area contributed by atoms with Gasteiger partial charge in [0.2, 0.25) is 5.82 Å². The number of rotatable bonds is 4. The lowest BCUT2D eigenvalue weighted by molar-refractivity contribution is -0.384. The maximum Gasteiger partial charge on any atom is 0.313 e. The summed E-state index contributed by atoms with van der Waals surface area (Å²) in [4.78, 5) is 14.3. The van der Waals surface area contributed by atoms with Crippen LogP contribution in [0.15, 0.2) is 35.4 Å². The largest absolute Gasteiger partial charge is 0.313 e. The van der Waals surface area contributed by atoms with E-state index in [4.69, 9.17) is 11.6 Å². The number of nitrogens with one attached hydrogen (secondary N) is 1. The second kappa shape index (κ2) is 6.27. The Hall–Kier alpha value is -2.54. The first-order chi connectivity index (χ1) is 9.99. The van der Waals surface area contributed by atoms with Crippen molar-refractivity contribution in [2.75, 3.05) is 5.43 Å². The third-order valence-electron chi connectivity index (χ3n) is 2.57. The molecule has 1 heterocycles. The lowest BCUT2D eigenvalue weighted by atomic mass is 10.2. The number of halogens is 2. The van der Waals surface area contributed by atoms with Crippen LogP contribution in [0.3, 0.4) is 0 Å². The van der Waals surface area contributed by atoms with Gasteiger partial charge in [0.15, 0.2) is 0 Å². The van der Waals surface area contributed by atoms with Crippen molar-refractivity contribution >= 4 is 29.3 Å². The van der Waals surface area contributed by atoms with Gasteiger partial charge in [-0.15, -0.1) is 0 Å². The van der Waals surface area contributed by atoms with Gasteiger partial charge < -0.3 is 0 Å². The first-order valence-electron chi connectivity index (χ1n) is 5.84. The third-order valence-corrected chi connectivity index (χ3v) is 2.90. The quantitative estimate of drug-likeness (QED) is 0.532. The molecular weight excluding hydrogens is 299 g/mol. The minimum atomic E-state index is -0.583. The molecule has 1 N–H and O–H groups in total. The number of anilines is 1. The molecule has 0 atom stereocenters. The average Bonchev–Trinajstić information content (AvgIpc) is 2.42. The molecule has 2 rings (SSSR count). The lowest BCUT2D eigenvalue weighted by Gasteiger charge is -2.03. The number of hydrogen-bond donors (Lipinski definition) is 1. The highest BCUT2D eigenvalue weighted by Crippen LogP contribution is 2.22.